The lowest BCUT2D eigenvalue weighted by molar-refractivity contribution is 0.222. The molecule has 9 nitrogen and oxygen atoms in total. The molecule has 0 radical (unpaired) electrons. The average molecular weight is 189 g/mol. The highest BCUT2D eigenvalue weighted by Crippen LogP contribution is 1.67. The zero-order valence-corrected chi connectivity index (χ0v) is 6.29. The Labute approximate surface area is 71.8 Å². The van der Waals surface area contributed by atoms with E-state index in [1.54, 1.807) is 5.32 Å². The van der Waals surface area contributed by atoms with Crippen molar-refractivity contribution in [2.75, 3.05) is 0 Å². The first-order chi connectivity index (χ1) is 5.91. The highest BCUT2D eigenvalue weighted by atomic mass is 16.2. The second-order valence-corrected chi connectivity index (χ2v) is 1.76. The van der Waals surface area contributed by atoms with E-state index in [0.717, 1.165) is 0 Å². The molecule has 0 unspecified atom stereocenters. The molecule has 0 fully saturated rings. The van der Waals surface area contributed by atoms with Crippen LogP contribution in [-0.4, -0.2) is 24.1 Å². The molecule has 72 valence electrons. The quantitative estimate of drug-likeness (QED) is 0.303. The van der Waals surface area contributed by atoms with Crippen molar-refractivity contribution in [2.24, 2.45) is 11.5 Å². The molecule has 0 atom stereocenters. The molecule has 0 aliphatic heterocycles. The van der Waals surface area contributed by atoms with Crippen molar-refractivity contribution in [3.63, 3.8) is 0 Å². The number of imide groups is 3. The van der Waals surface area contributed by atoms with Gasteiger partial charge in [-0.05, 0) is 0 Å². The van der Waals surface area contributed by atoms with Crippen LogP contribution in [0.5, 0.6) is 0 Å². The second-order valence-electron chi connectivity index (χ2n) is 1.76. The van der Waals surface area contributed by atoms with E-state index in [9.17, 15) is 19.2 Å². The van der Waals surface area contributed by atoms with Crippen LogP contribution in [0.15, 0.2) is 0 Å². The summed E-state index contributed by atoms with van der Waals surface area (Å²) in [5.41, 5.74) is 9.07. The van der Waals surface area contributed by atoms with Crippen LogP contribution in [0.4, 0.5) is 19.2 Å². The van der Waals surface area contributed by atoms with Gasteiger partial charge in [0.05, 0.1) is 0 Å². The summed E-state index contributed by atoms with van der Waals surface area (Å²) in [5, 5.41) is 4.59. The highest BCUT2D eigenvalue weighted by molar-refractivity contribution is 6.04. The van der Waals surface area contributed by atoms with Crippen molar-refractivity contribution in [1.29, 1.82) is 0 Å². The van der Waals surface area contributed by atoms with Crippen molar-refractivity contribution < 1.29 is 19.2 Å². The van der Waals surface area contributed by atoms with E-state index >= 15 is 0 Å². The number of carbonyl (C=O) groups is 4. The first-order valence-electron chi connectivity index (χ1n) is 2.89. The van der Waals surface area contributed by atoms with Crippen molar-refractivity contribution in [2.45, 2.75) is 0 Å². The monoisotopic (exact) mass is 189 g/mol. The SMILES string of the molecule is NC(=O)NC(=O)NC(=O)NC(N)=O. The Balaban J connectivity index is 3.85. The first-order valence-corrected chi connectivity index (χ1v) is 2.89. The molecule has 9 heteroatoms. The van der Waals surface area contributed by atoms with Gasteiger partial charge in [-0.25, -0.2) is 19.2 Å². The fourth-order valence-electron chi connectivity index (χ4n) is 0.389. The lowest BCUT2D eigenvalue weighted by Crippen LogP contribution is -2.50. The van der Waals surface area contributed by atoms with Gasteiger partial charge in [0.1, 0.15) is 0 Å². The molecule has 0 saturated heterocycles. The van der Waals surface area contributed by atoms with E-state index in [2.05, 4.69) is 11.5 Å². The summed E-state index contributed by atoms with van der Waals surface area (Å²) < 4.78 is 0. The molecule has 8 amide bonds. The summed E-state index contributed by atoms with van der Waals surface area (Å²) in [6, 6.07) is -4.59. The summed E-state index contributed by atoms with van der Waals surface area (Å²) in [4.78, 5) is 41.1. The van der Waals surface area contributed by atoms with Gasteiger partial charge in [-0.15, -0.1) is 0 Å². The Bertz CT molecular complexity index is 235. The molecule has 13 heavy (non-hydrogen) atoms. The van der Waals surface area contributed by atoms with Crippen LogP contribution in [0.3, 0.4) is 0 Å². The maximum Gasteiger partial charge on any atom is 0.330 e. The number of nitrogens with two attached hydrogens (primary N) is 2. The number of primary amides is 2. The zero-order chi connectivity index (χ0) is 10.4. The number of carbonyl (C=O) groups excluding carboxylic acids is 4. The van der Waals surface area contributed by atoms with Gasteiger partial charge in [0, 0.05) is 0 Å². The number of rotatable bonds is 0. The van der Waals surface area contributed by atoms with Gasteiger partial charge in [-0.1, -0.05) is 0 Å². The number of amides is 8. The first kappa shape index (κ1) is 10.7. The molecular formula is C4H7N5O4. The van der Waals surface area contributed by atoms with Crippen molar-refractivity contribution >= 4 is 24.1 Å². The predicted octanol–water partition coefficient (Wildman–Crippen LogP) is -1.85. The average Bonchev–Trinajstić information content (AvgIpc) is 1.80. The van der Waals surface area contributed by atoms with E-state index in [1.807, 2.05) is 0 Å². The molecule has 0 saturated carbocycles. The lowest BCUT2D eigenvalue weighted by atomic mass is 10.8. The molecule has 0 spiro atoms. The van der Waals surface area contributed by atoms with Crippen LogP contribution in [0.25, 0.3) is 0 Å². The topological polar surface area (TPSA) is 156 Å². The van der Waals surface area contributed by atoms with Gasteiger partial charge < -0.3 is 11.5 Å². The second kappa shape index (κ2) is 4.54. The third-order valence-corrected chi connectivity index (χ3v) is 0.701. The van der Waals surface area contributed by atoms with Crippen LogP contribution in [0.2, 0.25) is 0 Å². The Kier molecular flexibility index (Phi) is 3.73. The van der Waals surface area contributed by atoms with E-state index in [1.165, 1.54) is 10.6 Å². The van der Waals surface area contributed by atoms with Gasteiger partial charge in [0.2, 0.25) is 0 Å². The van der Waals surface area contributed by atoms with Crippen LogP contribution in [-0.2, 0) is 0 Å². The van der Waals surface area contributed by atoms with Crippen molar-refractivity contribution in [3.8, 4) is 0 Å². The number of urea groups is 4. The smallest absolute Gasteiger partial charge is 0.330 e. The summed E-state index contributed by atoms with van der Waals surface area (Å²) >= 11 is 0. The Hall–Kier alpha value is -2.32. The van der Waals surface area contributed by atoms with Crippen LogP contribution >= 0.6 is 0 Å². The van der Waals surface area contributed by atoms with Crippen molar-refractivity contribution in [1.82, 2.24) is 16.0 Å². The fraction of sp³-hybridized carbons (Fsp3) is 0. The van der Waals surface area contributed by atoms with E-state index < -0.39 is 24.1 Å². The molecule has 0 aliphatic rings. The largest absolute Gasteiger partial charge is 0.351 e. The van der Waals surface area contributed by atoms with Gasteiger partial charge in [0.15, 0.2) is 0 Å². The molecule has 7 N–H and O–H groups in total. The molecule has 0 heterocycles. The van der Waals surface area contributed by atoms with Gasteiger partial charge in [-0.2, -0.15) is 0 Å². The van der Waals surface area contributed by atoms with E-state index in [0.29, 0.717) is 0 Å². The molecule has 0 aromatic rings. The molecule has 0 aromatic heterocycles. The van der Waals surface area contributed by atoms with Crippen LogP contribution in [0, 0.1) is 0 Å². The van der Waals surface area contributed by atoms with Crippen molar-refractivity contribution in [3.05, 3.63) is 0 Å². The fourth-order valence-corrected chi connectivity index (χ4v) is 0.389. The third-order valence-electron chi connectivity index (χ3n) is 0.701. The molecule has 0 aromatic carbocycles. The van der Waals surface area contributed by atoms with Gasteiger partial charge in [0.25, 0.3) is 0 Å². The van der Waals surface area contributed by atoms with Crippen LogP contribution in [0.1, 0.15) is 0 Å². The number of nitrogens with one attached hydrogen (secondary N) is 3. The van der Waals surface area contributed by atoms with Gasteiger partial charge in [-0.3, -0.25) is 16.0 Å². The van der Waals surface area contributed by atoms with E-state index in [-0.39, 0.29) is 0 Å². The predicted molar refractivity (Wildman–Crippen MR) is 39.4 cm³/mol. The minimum absolute atomic E-state index is 1.13. The third kappa shape index (κ3) is 6.09. The Morgan fingerprint density at radius 3 is 1.23 bits per heavy atom. The minimum atomic E-state index is -1.16. The zero-order valence-electron chi connectivity index (χ0n) is 6.29. The Morgan fingerprint density at radius 1 is 0.692 bits per heavy atom. The Morgan fingerprint density at radius 2 is 1.00 bits per heavy atom. The summed E-state index contributed by atoms with van der Waals surface area (Å²) in [6.45, 7) is 0. The molecule has 0 rings (SSSR count). The summed E-state index contributed by atoms with van der Waals surface area (Å²) in [5.74, 6) is 0. The maximum absolute atomic E-state index is 10.5. The molecule has 0 bridgehead atoms. The van der Waals surface area contributed by atoms with Gasteiger partial charge >= 0.3 is 24.1 Å². The van der Waals surface area contributed by atoms with Crippen LogP contribution < -0.4 is 27.4 Å². The normalized spacial score (nSPS) is 8.31. The number of hydrogen-bond acceptors (Lipinski definition) is 4. The maximum atomic E-state index is 10.5. The molecule has 0 aliphatic carbocycles. The highest BCUT2D eigenvalue weighted by Gasteiger charge is 2.09. The van der Waals surface area contributed by atoms with E-state index in [4.69, 9.17) is 0 Å². The standard InChI is InChI=1S/C4H7N5O4/c5-1(10)7-3(12)9-4(13)8-2(6)11/h(H7,5,6,7,8,9,10,11,12,13). The number of hydrogen-bond donors (Lipinski definition) is 5. The summed E-state index contributed by atoms with van der Waals surface area (Å²) in [7, 11) is 0. The lowest BCUT2D eigenvalue weighted by Gasteiger charge is -2.02. The summed E-state index contributed by atoms with van der Waals surface area (Å²) in [6.07, 6.45) is 0. The minimum Gasteiger partial charge on any atom is -0.351 e. The molecular weight excluding hydrogens is 182 g/mol.